The Bertz CT molecular complexity index is 904. The minimum absolute atomic E-state index is 0.307. The van der Waals surface area contributed by atoms with E-state index in [4.69, 9.17) is 9.47 Å². The minimum atomic E-state index is -0.349. The molecule has 0 aliphatic carbocycles. The van der Waals surface area contributed by atoms with Gasteiger partial charge in [0.25, 0.3) is 5.91 Å². The fraction of sp³-hybridized carbons (Fsp3) is 0.118. The zero-order chi connectivity index (χ0) is 15.8. The van der Waals surface area contributed by atoms with E-state index in [1.807, 2.05) is 0 Å². The third-order valence-corrected chi connectivity index (χ3v) is 3.63. The highest BCUT2D eigenvalue weighted by atomic mass is 19.1. The van der Waals surface area contributed by atoms with Crippen LogP contribution < -0.4 is 14.8 Å². The van der Waals surface area contributed by atoms with E-state index in [0.29, 0.717) is 41.6 Å². The van der Waals surface area contributed by atoms with Gasteiger partial charge in [0.2, 0.25) is 0 Å². The quantitative estimate of drug-likeness (QED) is 0.763. The standard InChI is InChI=1S/C17H13FN2O3/c18-11-2-1-10-7-14(20-13(10)8-11)17(21)19-12-3-4-15-16(9-12)23-6-5-22-15/h1-4,7-9,20H,5-6H2,(H,19,21). The van der Waals surface area contributed by atoms with E-state index in [9.17, 15) is 9.18 Å². The molecule has 6 heteroatoms. The van der Waals surface area contributed by atoms with Crippen LogP contribution in [-0.4, -0.2) is 24.1 Å². The van der Waals surface area contributed by atoms with E-state index < -0.39 is 0 Å². The first-order chi connectivity index (χ1) is 11.2. The van der Waals surface area contributed by atoms with E-state index in [2.05, 4.69) is 10.3 Å². The topological polar surface area (TPSA) is 63.4 Å². The second kappa shape index (κ2) is 5.31. The van der Waals surface area contributed by atoms with Gasteiger partial charge in [-0.05, 0) is 36.4 Å². The van der Waals surface area contributed by atoms with Crippen molar-refractivity contribution in [2.75, 3.05) is 18.5 Å². The SMILES string of the molecule is O=C(Nc1ccc2c(c1)OCCO2)c1cc2ccc(F)cc2[nH]1. The molecule has 1 aliphatic rings. The summed E-state index contributed by atoms with van der Waals surface area (Å²) < 4.78 is 24.1. The molecule has 2 N–H and O–H groups in total. The molecule has 1 aliphatic heterocycles. The van der Waals surface area contributed by atoms with Gasteiger partial charge in [-0.15, -0.1) is 0 Å². The Kier molecular flexibility index (Phi) is 3.15. The maximum Gasteiger partial charge on any atom is 0.272 e. The van der Waals surface area contributed by atoms with Crippen LogP contribution in [0.15, 0.2) is 42.5 Å². The molecule has 5 nitrogen and oxygen atoms in total. The predicted molar refractivity (Wildman–Crippen MR) is 83.6 cm³/mol. The van der Waals surface area contributed by atoms with Crippen LogP contribution in [0.2, 0.25) is 0 Å². The molecule has 0 bridgehead atoms. The lowest BCUT2D eigenvalue weighted by molar-refractivity contribution is 0.102. The summed E-state index contributed by atoms with van der Waals surface area (Å²) in [4.78, 5) is 15.2. The predicted octanol–water partition coefficient (Wildman–Crippen LogP) is 3.33. The third-order valence-electron chi connectivity index (χ3n) is 3.63. The molecule has 0 saturated heterocycles. The number of nitrogens with one attached hydrogen (secondary N) is 2. The minimum Gasteiger partial charge on any atom is -0.486 e. The summed E-state index contributed by atoms with van der Waals surface area (Å²) in [6, 6.07) is 11.2. The number of aromatic nitrogens is 1. The fourth-order valence-corrected chi connectivity index (χ4v) is 2.54. The first kappa shape index (κ1) is 13.6. The van der Waals surface area contributed by atoms with E-state index >= 15 is 0 Å². The molecule has 1 aromatic heterocycles. The van der Waals surface area contributed by atoms with Crippen molar-refractivity contribution in [3.05, 3.63) is 54.0 Å². The Morgan fingerprint density at radius 3 is 2.74 bits per heavy atom. The molecular formula is C17H13FN2O3. The van der Waals surface area contributed by atoms with E-state index in [-0.39, 0.29) is 11.7 Å². The average Bonchev–Trinajstić information content (AvgIpc) is 2.98. The van der Waals surface area contributed by atoms with Crippen molar-refractivity contribution in [3.8, 4) is 11.5 Å². The maximum atomic E-state index is 13.2. The summed E-state index contributed by atoms with van der Waals surface area (Å²) in [7, 11) is 0. The van der Waals surface area contributed by atoms with Crippen LogP contribution in [0, 0.1) is 5.82 Å². The molecule has 0 atom stereocenters. The van der Waals surface area contributed by atoms with Crippen LogP contribution in [-0.2, 0) is 0 Å². The molecule has 0 fully saturated rings. The summed E-state index contributed by atoms with van der Waals surface area (Å²) >= 11 is 0. The smallest absolute Gasteiger partial charge is 0.272 e. The van der Waals surface area contributed by atoms with Gasteiger partial charge in [0.1, 0.15) is 24.7 Å². The van der Waals surface area contributed by atoms with Crippen LogP contribution in [0.25, 0.3) is 10.9 Å². The Morgan fingerprint density at radius 2 is 1.87 bits per heavy atom. The number of carbonyl (C=O) groups is 1. The lowest BCUT2D eigenvalue weighted by Crippen LogP contribution is -2.16. The molecule has 116 valence electrons. The second-order valence-corrected chi connectivity index (χ2v) is 5.23. The number of carbonyl (C=O) groups excluding carboxylic acids is 1. The molecule has 0 radical (unpaired) electrons. The van der Waals surface area contributed by atoms with Crippen molar-refractivity contribution < 1.29 is 18.7 Å². The number of halogens is 1. The lowest BCUT2D eigenvalue weighted by Gasteiger charge is -2.18. The van der Waals surface area contributed by atoms with E-state index in [0.717, 1.165) is 5.39 Å². The largest absolute Gasteiger partial charge is 0.486 e. The summed E-state index contributed by atoms with van der Waals surface area (Å²) in [6.07, 6.45) is 0. The molecular weight excluding hydrogens is 299 g/mol. The maximum absolute atomic E-state index is 13.2. The van der Waals surface area contributed by atoms with E-state index in [1.54, 1.807) is 30.3 Å². The van der Waals surface area contributed by atoms with Crippen molar-refractivity contribution in [1.29, 1.82) is 0 Å². The number of benzene rings is 2. The number of ether oxygens (including phenoxy) is 2. The van der Waals surface area contributed by atoms with Crippen LogP contribution in [0.5, 0.6) is 11.5 Å². The van der Waals surface area contributed by atoms with Crippen molar-refractivity contribution in [1.82, 2.24) is 4.98 Å². The summed E-state index contributed by atoms with van der Waals surface area (Å²) in [5.41, 5.74) is 1.54. The van der Waals surface area contributed by atoms with Crippen molar-refractivity contribution in [3.63, 3.8) is 0 Å². The van der Waals surface area contributed by atoms with Crippen molar-refractivity contribution >= 4 is 22.5 Å². The molecule has 3 aromatic rings. The Hall–Kier alpha value is -3.02. The van der Waals surface area contributed by atoms with Gasteiger partial charge in [-0.3, -0.25) is 4.79 Å². The Labute approximate surface area is 131 Å². The lowest BCUT2D eigenvalue weighted by atomic mass is 10.2. The van der Waals surface area contributed by atoms with Gasteiger partial charge >= 0.3 is 0 Å². The Morgan fingerprint density at radius 1 is 1.04 bits per heavy atom. The van der Waals surface area contributed by atoms with Crippen LogP contribution in [0.1, 0.15) is 10.5 Å². The monoisotopic (exact) mass is 312 g/mol. The van der Waals surface area contributed by atoms with Crippen LogP contribution in [0.3, 0.4) is 0 Å². The highest BCUT2D eigenvalue weighted by molar-refractivity contribution is 6.06. The van der Waals surface area contributed by atoms with Gasteiger partial charge in [0.15, 0.2) is 11.5 Å². The highest BCUT2D eigenvalue weighted by Crippen LogP contribution is 2.32. The number of fused-ring (bicyclic) bond motifs is 2. The third kappa shape index (κ3) is 2.59. The molecule has 4 rings (SSSR count). The van der Waals surface area contributed by atoms with Gasteiger partial charge < -0.3 is 19.8 Å². The van der Waals surface area contributed by atoms with Gasteiger partial charge in [-0.1, -0.05) is 0 Å². The van der Waals surface area contributed by atoms with Crippen LogP contribution in [0.4, 0.5) is 10.1 Å². The average molecular weight is 312 g/mol. The second-order valence-electron chi connectivity index (χ2n) is 5.23. The van der Waals surface area contributed by atoms with Crippen molar-refractivity contribution in [2.45, 2.75) is 0 Å². The van der Waals surface area contributed by atoms with Gasteiger partial charge in [0, 0.05) is 22.7 Å². The number of hydrogen-bond acceptors (Lipinski definition) is 3. The number of aromatic amines is 1. The molecule has 1 amide bonds. The fourth-order valence-electron chi connectivity index (χ4n) is 2.54. The first-order valence-electron chi connectivity index (χ1n) is 7.18. The molecule has 0 saturated carbocycles. The zero-order valence-corrected chi connectivity index (χ0v) is 12.1. The molecule has 0 unspecified atom stereocenters. The summed E-state index contributed by atoms with van der Waals surface area (Å²) in [6.45, 7) is 1.00. The number of H-pyrrole nitrogens is 1. The van der Waals surface area contributed by atoms with Gasteiger partial charge in [-0.2, -0.15) is 0 Å². The van der Waals surface area contributed by atoms with Gasteiger partial charge in [-0.25, -0.2) is 4.39 Å². The zero-order valence-electron chi connectivity index (χ0n) is 12.1. The summed E-state index contributed by atoms with van der Waals surface area (Å²) in [5.74, 6) is 0.611. The molecule has 23 heavy (non-hydrogen) atoms. The number of rotatable bonds is 2. The first-order valence-corrected chi connectivity index (χ1v) is 7.18. The highest BCUT2D eigenvalue weighted by Gasteiger charge is 2.14. The van der Waals surface area contributed by atoms with E-state index in [1.165, 1.54) is 12.1 Å². The number of anilines is 1. The molecule has 0 spiro atoms. The summed E-state index contributed by atoms with van der Waals surface area (Å²) in [5, 5.41) is 3.56. The van der Waals surface area contributed by atoms with Crippen LogP contribution >= 0.6 is 0 Å². The number of amides is 1. The Balaban J connectivity index is 1.59. The molecule has 2 aromatic carbocycles. The van der Waals surface area contributed by atoms with Crippen molar-refractivity contribution in [2.24, 2.45) is 0 Å². The normalized spacial score (nSPS) is 13.1. The van der Waals surface area contributed by atoms with Gasteiger partial charge in [0.05, 0.1) is 0 Å². The molecule has 2 heterocycles. The number of hydrogen-bond donors (Lipinski definition) is 2.